The fourth-order valence-electron chi connectivity index (χ4n) is 3.13. The molecule has 3 aromatic carbocycles. The lowest BCUT2D eigenvalue weighted by atomic mass is 10.1. The van der Waals surface area contributed by atoms with Crippen molar-refractivity contribution in [3.63, 3.8) is 0 Å². The number of anilines is 1. The first-order valence-electron chi connectivity index (χ1n) is 9.46. The van der Waals surface area contributed by atoms with E-state index in [0.717, 1.165) is 12.0 Å². The van der Waals surface area contributed by atoms with Gasteiger partial charge in [0.1, 0.15) is 5.82 Å². The van der Waals surface area contributed by atoms with Crippen molar-refractivity contribution < 1.29 is 12.8 Å². The van der Waals surface area contributed by atoms with Gasteiger partial charge in [-0.05, 0) is 41.8 Å². The Morgan fingerprint density at radius 3 is 2.17 bits per heavy atom. The quantitative estimate of drug-likeness (QED) is 0.469. The summed E-state index contributed by atoms with van der Waals surface area (Å²) < 4.78 is 43.3. The van der Waals surface area contributed by atoms with Crippen molar-refractivity contribution in [2.75, 3.05) is 4.72 Å². The molecule has 0 aliphatic rings. The summed E-state index contributed by atoms with van der Waals surface area (Å²) in [5.74, 6) is -0.153. The third kappa shape index (κ3) is 4.58. The second-order valence-corrected chi connectivity index (χ2v) is 8.50. The van der Waals surface area contributed by atoms with Crippen LogP contribution in [-0.2, 0) is 23.0 Å². The molecule has 4 aromatic rings. The molecule has 0 amide bonds. The number of nitrogens with zero attached hydrogens (tertiary/aromatic N) is 2. The maximum atomic E-state index is 13.4. The molecule has 0 aliphatic carbocycles. The first-order valence-corrected chi connectivity index (χ1v) is 10.9. The van der Waals surface area contributed by atoms with Crippen LogP contribution in [0.25, 0.3) is 11.1 Å². The maximum absolute atomic E-state index is 13.4. The van der Waals surface area contributed by atoms with Gasteiger partial charge in [-0.2, -0.15) is 5.10 Å². The molecule has 0 unspecified atom stereocenters. The average Bonchev–Trinajstić information content (AvgIpc) is 3.16. The third-order valence-electron chi connectivity index (χ3n) is 4.67. The van der Waals surface area contributed by atoms with Crippen LogP contribution < -0.4 is 4.72 Å². The number of halogens is 1. The third-order valence-corrected chi connectivity index (χ3v) is 6.03. The van der Waals surface area contributed by atoms with Crippen molar-refractivity contribution in [1.82, 2.24) is 9.78 Å². The van der Waals surface area contributed by atoms with Crippen molar-refractivity contribution in [3.8, 4) is 11.1 Å². The van der Waals surface area contributed by atoms with Gasteiger partial charge >= 0.3 is 0 Å². The highest BCUT2D eigenvalue weighted by Gasteiger charge is 2.19. The molecule has 0 bridgehead atoms. The average molecular weight is 421 g/mol. The van der Waals surface area contributed by atoms with Gasteiger partial charge in [-0.3, -0.25) is 9.40 Å². The molecule has 0 saturated heterocycles. The van der Waals surface area contributed by atoms with E-state index in [1.54, 1.807) is 41.2 Å². The van der Waals surface area contributed by atoms with E-state index in [1.807, 2.05) is 30.3 Å². The minimum absolute atomic E-state index is 0.147. The van der Waals surface area contributed by atoms with Gasteiger partial charge in [0.25, 0.3) is 10.0 Å². The normalized spacial score (nSPS) is 11.4. The number of rotatable bonds is 7. The lowest BCUT2D eigenvalue weighted by molar-refractivity contribution is 0.599. The van der Waals surface area contributed by atoms with Crippen LogP contribution in [0.4, 0.5) is 10.2 Å². The van der Waals surface area contributed by atoms with E-state index in [9.17, 15) is 12.8 Å². The Kier molecular flexibility index (Phi) is 5.63. The fourth-order valence-corrected chi connectivity index (χ4v) is 4.16. The van der Waals surface area contributed by atoms with Crippen LogP contribution in [0.2, 0.25) is 0 Å². The standard InChI is InChI=1S/C23H20FN3O2S/c24-20-13-11-19(12-14-20)22-17-27(16-15-18-7-3-1-4-8-18)25-23(22)26-30(28,29)21-9-5-2-6-10-21/h1-14,17H,15-16H2,(H,25,26). The largest absolute Gasteiger partial charge is 0.270 e. The zero-order valence-electron chi connectivity index (χ0n) is 16.1. The molecule has 0 saturated carbocycles. The zero-order valence-corrected chi connectivity index (χ0v) is 16.9. The smallest absolute Gasteiger partial charge is 0.263 e. The summed E-state index contributed by atoms with van der Waals surface area (Å²) in [6.45, 7) is 0.575. The molecule has 0 aliphatic heterocycles. The van der Waals surface area contributed by atoms with Crippen molar-refractivity contribution in [3.05, 3.63) is 103 Å². The molecule has 0 atom stereocenters. The van der Waals surface area contributed by atoms with E-state index >= 15 is 0 Å². The Morgan fingerprint density at radius 2 is 1.50 bits per heavy atom. The molecule has 1 heterocycles. The number of hydrogen-bond donors (Lipinski definition) is 1. The molecule has 0 fully saturated rings. The van der Waals surface area contributed by atoms with Crippen LogP contribution in [0, 0.1) is 5.82 Å². The second-order valence-electron chi connectivity index (χ2n) is 6.82. The highest BCUT2D eigenvalue weighted by Crippen LogP contribution is 2.29. The Morgan fingerprint density at radius 1 is 0.867 bits per heavy atom. The Labute approximate surface area is 174 Å². The van der Waals surface area contributed by atoms with Crippen LogP contribution in [-0.4, -0.2) is 18.2 Å². The van der Waals surface area contributed by atoms with Gasteiger partial charge in [0.05, 0.1) is 4.90 Å². The first-order chi connectivity index (χ1) is 14.5. The van der Waals surface area contributed by atoms with Gasteiger partial charge in [0.15, 0.2) is 5.82 Å². The molecule has 5 nitrogen and oxygen atoms in total. The number of benzene rings is 3. The SMILES string of the molecule is O=S(=O)(Nc1nn(CCc2ccccc2)cc1-c1ccc(F)cc1)c1ccccc1. The van der Waals surface area contributed by atoms with E-state index in [4.69, 9.17) is 0 Å². The van der Waals surface area contributed by atoms with Crippen molar-refractivity contribution >= 4 is 15.8 Å². The summed E-state index contributed by atoms with van der Waals surface area (Å²) in [6, 6.07) is 24.0. The van der Waals surface area contributed by atoms with E-state index in [2.05, 4.69) is 9.82 Å². The summed E-state index contributed by atoms with van der Waals surface area (Å²) in [5.41, 5.74) is 2.42. The molecule has 1 aromatic heterocycles. The van der Waals surface area contributed by atoms with Gasteiger partial charge < -0.3 is 0 Å². The number of sulfonamides is 1. The Balaban J connectivity index is 1.66. The van der Waals surface area contributed by atoms with Crippen molar-refractivity contribution in [2.45, 2.75) is 17.9 Å². The Hall–Kier alpha value is -3.45. The molecule has 152 valence electrons. The summed E-state index contributed by atoms with van der Waals surface area (Å²) in [4.78, 5) is 0.147. The molecular weight excluding hydrogens is 401 g/mol. The second kappa shape index (κ2) is 8.51. The maximum Gasteiger partial charge on any atom is 0.263 e. The minimum atomic E-state index is -3.81. The summed E-state index contributed by atoms with van der Waals surface area (Å²) in [6.07, 6.45) is 2.52. The van der Waals surface area contributed by atoms with Gasteiger partial charge in [-0.15, -0.1) is 0 Å². The monoisotopic (exact) mass is 421 g/mol. The lowest BCUT2D eigenvalue weighted by Gasteiger charge is -2.08. The zero-order chi connectivity index (χ0) is 21.0. The number of aryl methyl sites for hydroxylation is 2. The highest BCUT2D eigenvalue weighted by atomic mass is 32.2. The van der Waals surface area contributed by atoms with E-state index in [1.165, 1.54) is 24.3 Å². The molecule has 7 heteroatoms. The predicted octanol–water partition coefficient (Wildman–Crippen LogP) is 4.73. The van der Waals surface area contributed by atoms with Crippen molar-refractivity contribution in [2.24, 2.45) is 0 Å². The highest BCUT2D eigenvalue weighted by molar-refractivity contribution is 7.92. The predicted molar refractivity (Wildman–Crippen MR) is 115 cm³/mol. The van der Waals surface area contributed by atoms with E-state index < -0.39 is 10.0 Å². The summed E-state index contributed by atoms with van der Waals surface area (Å²) >= 11 is 0. The fraction of sp³-hybridized carbons (Fsp3) is 0.0870. The van der Waals surface area contributed by atoms with Crippen LogP contribution in [0.1, 0.15) is 5.56 Å². The van der Waals surface area contributed by atoms with Crippen LogP contribution in [0.3, 0.4) is 0 Å². The van der Waals surface area contributed by atoms with Crippen LogP contribution in [0.15, 0.2) is 96.0 Å². The molecule has 30 heavy (non-hydrogen) atoms. The van der Waals surface area contributed by atoms with E-state index in [-0.39, 0.29) is 16.5 Å². The lowest BCUT2D eigenvalue weighted by Crippen LogP contribution is -2.14. The first kappa shape index (κ1) is 19.8. The molecule has 4 rings (SSSR count). The molecule has 0 radical (unpaired) electrons. The Bertz CT molecular complexity index is 1220. The van der Waals surface area contributed by atoms with Gasteiger partial charge in [0.2, 0.25) is 0 Å². The number of hydrogen-bond acceptors (Lipinski definition) is 3. The number of aromatic nitrogens is 2. The molecule has 1 N–H and O–H groups in total. The van der Waals surface area contributed by atoms with Crippen LogP contribution in [0.5, 0.6) is 0 Å². The molecule has 0 spiro atoms. The molecular formula is C23H20FN3O2S. The topological polar surface area (TPSA) is 64.0 Å². The summed E-state index contributed by atoms with van der Waals surface area (Å²) in [5, 5.41) is 4.47. The minimum Gasteiger partial charge on any atom is -0.270 e. The van der Waals surface area contributed by atoms with Gasteiger partial charge in [-0.1, -0.05) is 60.7 Å². The van der Waals surface area contributed by atoms with Crippen molar-refractivity contribution in [1.29, 1.82) is 0 Å². The van der Waals surface area contributed by atoms with Gasteiger partial charge in [0, 0.05) is 18.3 Å². The van der Waals surface area contributed by atoms with E-state index in [0.29, 0.717) is 17.7 Å². The summed E-state index contributed by atoms with van der Waals surface area (Å²) in [7, 11) is -3.81. The van der Waals surface area contributed by atoms with Gasteiger partial charge in [-0.25, -0.2) is 12.8 Å². The number of nitrogens with one attached hydrogen (secondary N) is 1. The van der Waals surface area contributed by atoms with Crippen LogP contribution >= 0.6 is 0 Å².